The van der Waals surface area contributed by atoms with Crippen molar-refractivity contribution in [2.75, 3.05) is 13.1 Å². The largest absolute Gasteiger partial charge is 0.343 e. The minimum atomic E-state index is 0.207. The molecule has 0 radical (unpaired) electrons. The van der Waals surface area contributed by atoms with Crippen molar-refractivity contribution in [3.8, 4) is 0 Å². The molecule has 2 heterocycles. The minimum absolute atomic E-state index is 0.207. The van der Waals surface area contributed by atoms with Crippen LogP contribution in [0.1, 0.15) is 43.1 Å². The van der Waals surface area contributed by atoms with Gasteiger partial charge in [0.2, 0.25) is 0 Å². The van der Waals surface area contributed by atoms with Gasteiger partial charge in [-0.3, -0.25) is 4.79 Å². The molecule has 0 spiro atoms. The molecule has 2 rings (SSSR count). The summed E-state index contributed by atoms with van der Waals surface area (Å²) in [5, 5.41) is 0. The van der Waals surface area contributed by atoms with Gasteiger partial charge in [-0.25, -0.2) is 0 Å². The average molecular weight is 220 g/mol. The molecule has 3 nitrogen and oxygen atoms in total. The van der Waals surface area contributed by atoms with Crippen LogP contribution in [0, 0.1) is 0 Å². The van der Waals surface area contributed by atoms with Gasteiger partial charge in [-0.15, -0.1) is 0 Å². The summed E-state index contributed by atoms with van der Waals surface area (Å²) in [6.07, 6.45) is 6.62. The van der Waals surface area contributed by atoms with Crippen molar-refractivity contribution in [3.05, 3.63) is 24.0 Å². The number of aromatic nitrogens is 1. The van der Waals surface area contributed by atoms with E-state index in [-0.39, 0.29) is 5.91 Å². The Morgan fingerprint density at radius 2 is 2.19 bits per heavy atom. The molecule has 0 aromatic carbocycles. The number of fused-ring (bicyclic) bond motifs is 1. The number of amides is 1. The number of hydrogen-bond acceptors (Lipinski definition) is 1. The third-order valence-electron chi connectivity index (χ3n) is 3.19. The van der Waals surface area contributed by atoms with E-state index in [0.29, 0.717) is 0 Å². The lowest BCUT2D eigenvalue weighted by atomic mass is 10.2. The van der Waals surface area contributed by atoms with Gasteiger partial charge in [-0.1, -0.05) is 19.8 Å². The van der Waals surface area contributed by atoms with E-state index in [1.165, 1.54) is 12.8 Å². The Kier molecular flexibility index (Phi) is 3.65. The quantitative estimate of drug-likeness (QED) is 0.716. The van der Waals surface area contributed by atoms with E-state index in [2.05, 4.69) is 11.5 Å². The predicted octanol–water partition coefficient (Wildman–Crippen LogP) is 2.52. The van der Waals surface area contributed by atoms with Gasteiger partial charge in [-0.2, -0.15) is 0 Å². The molecule has 3 heteroatoms. The highest BCUT2D eigenvalue weighted by atomic mass is 16.2. The monoisotopic (exact) mass is 220 g/mol. The van der Waals surface area contributed by atoms with E-state index in [1.807, 2.05) is 23.2 Å². The summed E-state index contributed by atoms with van der Waals surface area (Å²) in [7, 11) is 0. The van der Waals surface area contributed by atoms with Crippen LogP contribution in [-0.4, -0.2) is 28.5 Å². The molecule has 1 aliphatic heterocycles. The molecular weight excluding hydrogens is 200 g/mol. The second-order valence-corrected chi connectivity index (χ2v) is 4.44. The zero-order valence-corrected chi connectivity index (χ0v) is 9.98. The first-order valence-corrected chi connectivity index (χ1v) is 6.27. The molecule has 1 aromatic rings. The van der Waals surface area contributed by atoms with Crippen molar-refractivity contribution in [2.24, 2.45) is 0 Å². The molecular formula is C13H20N2O. The third kappa shape index (κ3) is 2.29. The first-order chi connectivity index (χ1) is 7.83. The van der Waals surface area contributed by atoms with Crippen molar-refractivity contribution in [1.29, 1.82) is 0 Å². The standard InChI is InChI=1S/C13H20N2O/c1-2-3-4-8-15-11-6-10-14-9-5-7-12(14)13(15)16/h5,7,9H,2-4,6,8,10-11H2,1H3. The lowest BCUT2D eigenvalue weighted by Crippen LogP contribution is -2.32. The van der Waals surface area contributed by atoms with Crippen molar-refractivity contribution < 1.29 is 4.79 Å². The van der Waals surface area contributed by atoms with E-state index < -0.39 is 0 Å². The molecule has 0 N–H and O–H groups in total. The second kappa shape index (κ2) is 5.19. The highest BCUT2D eigenvalue weighted by Crippen LogP contribution is 2.13. The summed E-state index contributed by atoms with van der Waals surface area (Å²) in [5.74, 6) is 0.207. The molecule has 0 unspecified atom stereocenters. The van der Waals surface area contributed by atoms with Crippen LogP contribution in [0.2, 0.25) is 0 Å². The highest BCUT2D eigenvalue weighted by molar-refractivity contribution is 5.93. The van der Waals surface area contributed by atoms with Gasteiger partial charge in [0, 0.05) is 25.8 Å². The van der Waals surface area contributed by atoms with Crippen molar-refractivity contribution >= 4 is 5.91 Å². The average Bonchev–Trinajstić information content (AvgIpc) is 2.69. The molecule has 1 aromatic heterocycles. The first-order valence-electron chi connectivity index (χ1n) is 6.27. The summed E-state index contributed by atoms with van der Waals surface area (Å²) in [4.78, 5) is 14.2. The molecule has 0 saturated carbocycles. The first kappa shape index (κ1) is 11.2. The van der Waals surface area contributed by atoms with Crippen LogP contribution in [0.25, 0.3) is 0 Å². The van der Waals surface area contributed by atoms with Crippen molar-refractivity contribution in [1.82, 2.24) is 9.47 Å². The van der Waals surface area contributed by atoms with Gasteiger partial charge in [0.05, 0.1) is 0 Å². The van der Waals surface area contributed by atoms with Crippen LogP contribution in [0.3, 0.4) is 0 Å². The van der Waals surface area contributed by atoms with Gasteiger partial charge in [-0.05, 0) is 25.0 Å². The third-order valence-corrected chi connectivity index (χ3v) is 3.19. The SMILES string of the molecule is CCCCCN1CCCn2cccc2C1=O. The van der Waals surface area contributed by atoms with Gasteiger partial charge >= 0.3 is 0 Å². The normalized spacial score (nSPS) is 16.1. The van der Waals surface area contributed by atoms with Crippen LogP contribution in [-0.2, 0) is 6.54 Å². The Labute approximate surface area is 97.1 Å². The molecule has 16 heavy (non-hydrogen) atoms. The van der Waals surface area contributed by atoms with Crippen molar-refractivity contribution in [3.63, 3.8) is 0 Å². The van der Waals surface area contributed by atoms with Gasteiger partial charge in [0.1, 0.15) is 5.69 Å². The Morgan fingerprint density at radius 1 is 1.31 bits per heavy atom. The Balaban J connectivity index is 2.03. The lowest BCUT2D eigenvalue weighted by molar-refractivity contribution is 0.0755. The Morgan fingerprint density at radius 3 is 3.00 bits per heavy atom. The van der Waals surface area contributed by atoms with Crippen LogP contribution >= 0.6 is 0 Å². The molecule has 1 amide bonds. The van der Waals surface area contributed by atoms with Crippen LogP contribution in [0.15, 0.2) is 18.3 Å². The number of carbonyl (C=O) groups excluding carboxylic acids is 1. The maximum Gasteiger partial charge on any atom is 0.270 e. The van der Waals surface area contributed by atoms with E-state index in [9.17, 15) is 4.79 Å². The maximum atomic E-state index is 12.2. The summed E-state index contributed by atoms with van der Waals surface area (Å²) in [6, 6.07) is 3.89. The van der Waals surface area contributed by atoms with E-state index in [0.717, 1.165) is 38.2 Å². The smallest absolute Gasteiger partial charge is 0.270 e. The lowest BCUT2D eigenvalue weighted by Gasteiger charge is -2.19. The summed E-state index contributed by atoms with van der Waals surface area (Å²) < 4.78 is 2.07. The molecule has 1 aliphatic rings. The van der Waals surface area contributed by atoms with Crippen LogP contribution < -0.4 is 0 Å². The van der Waals surface area contributed by atoms with Gasteiger partial charge < -0.3 is 9.47 Å². The molecule has 88 valence electrons. The Bertz CT molecular complexity index is 357. The molecule has 0 atom stereocenters. The molecule has 0 saturated heterocycles. The number of nitrogens with zero attached hydrogens (tertiary/aromatic N) is 2. The van der Waals surface area contributed by atoms with Gasteiger partial charge in [0.25, 0.3) is 5.91 Å². The Hall–Kier alpha value is -1.25. The zero-order chi connectivity index (χ0) is 11.4. The van der Waals surface area contributed by atoms with Gasteiger partial charge in [0.15, 0.2) is 0 Å². The maximum absolute atomic E-state index is 12.2. The number of rotatable bonds is 4. The van der Waals surface area contributed by atoms with Crippen LogP contribution in [0.4, 0.5) is 0 Å². The van der Waals surface area contributed by atoms with E-state index in [4.69, 9.17) is 0 Å². The fraction of sp³-hybridized carbons (Fsp3) is 0.615. The summed E-state index contributed by atoms with van der Waals surface area (Å²) >= 11 is 0. The predicted molar refractivity (Wildman–Crippen MR) is 64.5 cm³/mol. The number of aryl methyl sites for hydroxylation is 1. The summed E-state index contributed by atoms with van der Waals surface area (Å²) in [5.41, 5.74) is 0.856. The van der Waals surface area contributed by atoms with E-state index in [1.54, 1.807) is 0 Å². The number of carbonyl (C=O) groups is 1. The number of hydrogen-bond donors (Lipinski definition) is 0. The fourth-order valence-corrected chi connectivity index (χ4v) is 2.26. The molecule has 0 aliphatic carbocycles. The highest BCUT2D eigenvalue weighted by Gasteiger charge is 2.21. The topological polar surface area (TPSA) is 25.2 Å². The zero-order valence-electron chi connectivity index (χ0n) is 9.98. The minimum Gasteiger partial charge on any atom is -0.343 e. The van der Waals surface area contributed by atoms with Crippen LogP contribution in [0.5, 0.6) is 0 Å². The molecule has 0 fully saturated rings. The van der Waals surface area contributed by atoms with E-state index >= 15 is 0 Å². The van der Waals surface area contributed by atoms with Crippen molar-refractivity contribution in [2.45, 2.75) is 39.2 Å². The fourth-order valence-electron chi connectivity index (χ4n) is 2.26. The number of unbranched alkanes of at least 4 members (excludes halogenated alkanes) is 2. The summed E-state index contributed by atoms with van der Waals surface area (Å²) in [6.45, 7) is 4.98. The molecule has 0 bridgehead atoms. The second-order valence-electron chi connectivity index (χ2n) is 4.44.